The summed E-state index contributed by atoms with van der Waals surface area (Å²) in [5.74, 6) is 0. The summed E-state index contributed by atoms with van der Waals surface area (Å²) in [5.41, 5.74) is 6.58. The number of nitrogens with two attached hydrogens (primary N) is 1. The zero-order valence-corrected chi connectivity index (χ0v) is 12.9. The predicted octanol–water partition coefficient (Wildman–Crippen LogP) is 0.00110. The first kappa shape index (κ1) is 17.8. The molecule has 1 aromatic rings. The molecule has 0 radical (unpaired) electrons. The molecule has 0 spiro atoms. The van der Waals surface area contributed by atoms with Crippen molar-refractivity contribution in [1.29, 1.82) is 0 Å². The van der Waals surface area contributed by atoms with Gasteiger partial charge in [-0.3, -0.25) is 0 Å². The maximum atomic E-state index is 10.0. The lowest BCUT2D eigenvalue weighted by Gasteiger charge is -2.23. The lowest BCUT2D eigenvalue weighted by molar-refractivity contribution is -0.00000541. The van der Waals surface area contributed by atoms with Crippen molar-refractivity contribution < 1.29 is 17.5 Å². The van der Waals surface area contributed by atoms with Gasteiger partial charge in [0, 0.05) is 12.1 Å². The van der Waals surface area contributed by atoms with Gasteiger partial charge >= 0.3 is 0 Å². The summed E-state index contributed by atoms with van der Waals surface area (Å²) in [7, 11) is 0. The summed E-state index contributed by atoms with van der Waals surface area (Å²) in [6, 6.07) is 3.27. The van der Waals surface area contributed by atoms with Gasteiger partial charge in [-0.1, -0.05) is 23.2 Å². The largest absolute Gasteiger partial charge is 1.00 e. The number of benzene rings is 1. The molecule has 0 aliphatic heterocycles. The van der Waals surface area contributed by atoms with Crippen molar-refractivity contribution in [3.8, 4) is 0 Å². The Morgan fingerprint density at radius 3 is 2.11 bits per heavy atom. The molecule has 0 aliphatic rings. The van der Waals surface area contributed by atoms with Crippen molar-refractivity contribution in [1.82, 2.24) is 5.32 Å². The van der Waals surface area contributed by atoms with Crippen LogP contribution >= 0.6 is 23.2 Å². The Bertz CT molecular complexity index is 382. The van der Waals surface area contributed by atoms with Crippen molar-refractivity contribution >= 4 is 28.9 Å². The van der Waals surface area contributed by atoms with Crippen LogP contribution in [0.3, 0.4) is 0 Å². The molecule has 4 N–H and O–H groups in total. The van der Waals surface area contributed by atoms with E-state index in [1.807, 2.05) is 20.8 Å². The van der Waals surface area contributed by atoms with Crippen LogP contribution in [-0.4, -0.2) is 17.2 Å². The van der Waals surface area contributed by atoms with Crippen LogP contribution in [0.4, 0.5) is 5.69 Å². The van der Waals surface area contributed by atoms with Crippen molar-refractivity contribution in [2.45, 2.75) is 32.4 Å². The van der Waals surface area contributed by atoms with Gasteiger partial charge in [0.1, 0.15) is 0 Å². The van der Waals surface area contributed by atoms with E-state index in [2.05, 4.69) is 5.32 Å². The summed E-state index contributed by atoms with van der Waals surface area (Å²) in [4.78, 5) is 0. The highest BCUT2D eigenvalue weighted by Crippen LogP contribution is 2.31. The van der Waals surface area contributed by atoms with E-state index in [0.717, 1.165) is 0 Å². The van der Waals surface area contributed by atoms with Crippen LogP contribution in [0, 0.1) is 0 Å². The number of halogens is 3. The fourth-order valence-corrected chi connectivity index (χ4v) is 1.82. The third kappa shape index (κ3) is 5.21. The second-order valence-electron chi connectivity index (χ2n) is 5.04. The summed E-state index contributed by atoms with van der Waals surface area (Å²) >= 11 is 11.8. The van der Waals surface area contributed by atoms with Crippen molar-refractivity contribution in [3.05, 3.63) is 27.7 Å². The van der Waals surface area contributed by atoms with E-state index in [1.165, 1.54) is 0 Å². The number of nitrogens with one attached hydrogen (secondary N) is 1. The number of rotatable bonds is 3. The minimum Gasteiger partial charge on any atom is -1.00 e. The molecule has 1 aromatic carbocycles. The fraction of sp³-hybridized carbons (Fsp3) is 0.500. The van der Waals surface area contributed by atoms with Crippen LogP contribution in [0.2, 0.25) is 10.0 Å². The molecule has 0 saturated heterocycles. The SMILES string of the molecule is CC(C)(C)NCC(O)c1cc(Cl)c(N)c(Cl)c1.[Cl-]. The lowest BCUT2D eigenvalue weighted by Crippen LogP contribution is -3.00. The first-order valence-corrected chi connectivity index (χ1v) is 6.14. The molecule has 1 atom stereocenters. The molecule has 6 heteroatoms. The monoisotopic (exact) mass is 311 g/mol. The van der Waals surface area contributed by atoms with Crippen LogP contribution in [0.1, 0.15) is 32.4 Å². The third-order valence-electron chi connectivity index (χ3n) is 2.31. The van der Waals surface area contributed by atoms with E-state index in [4.69, 9.17) is 28.9 Å². The van der Waals surface area contributed by atoms with E-state index < -0.39 is 6.10 Å². The van der Waals surface area contributed by atoms with Gasteiger partial charge in [0.15, 0.2) is 0 Å². The molecule has 1 unspecified atom stereocenters. The van der Waals surface area contributed by atoms with Gasteiger partial charge in [-0.2, -0.15) is 0 Å². The Morgan fingerprint density at radius 1 is 1.28 bits per heavy atom. The van der Waals surface area contributed by atoms with Crippen LogP contribution in [0.15, 0.2) is 12.1 Å². The number of hydrogen-bond acceptors (Lipinski definition) is 3. The minimum atomic E-state index is -0.662. The maximum absolute atomic E-state index is 10.0. The molecular formula is C12H18Cl3N2O-. The van der Waals surface area contributed by atoms with Crippen molar-refractivity contribution in [3.63, 3.8) is 0 Å². The quantitative estimate of drug-likeness (QED) is 0.689. The minimum absolute atomic E-state index is 0. The van der Waals surface area contributed by atoms with Gasteiger partial charge in [-0.15, -0.1) is 0 Å². The van der Waals surface area contributed by atoms with E-state index in [0.29, 0.717) is 27.8 Å². The van der Waals surface area contributed by atoms with Gasteiger partial charge in [0.2, 0.25) is 0 Å². The molecule has 0 aliphatic carbocycles. The highest BCUT2D eigenvalue weighted by molar-refractivity contribution is 6.38. The molecule has 0 heterocycles. The molecule has 0 saturated carbocycles. The number of hydrogen-bond donors (Lipinski definition) is 3. The van der Waals surface area contributed by atoms with E-state index in [9.17, 15) is 5.11 Å². The summed E-state index contributed by atoms with van der Waals surface area (Å²) in [6.07, 6.45) is -0.662. The number of aliphatic hydroxyl groups excluding tert-OH is 1. The first-order chi connectivity index (χ1) is 7.70. The molecule has 0 fully saturated rings. The van der Waals surface area contributed by atoms with Crippen LogP contribution in [0.25, 0.3) is 0 Å². The topological polar surface area (TPSA) is 58.3 Å². The number of nitrogen functional groups attached to an aromatic ring is 1. The standard InChI is InChI=1S/C12H18Cl2N2O.ClH/c1-12(2,3)16-6-10(17)7-4-8(13)11(15)9(14)5-7;/h4-5,10,16-17H,6,15H2,1-3H3;1H/p-1. The van der Waals surface area contributed by atoms with E-state index in [1.54, 1.807) is 12.1 Å². The Labute approximate surface area is 124 Å². The normalized spacial score (nSPS) is 13.0. The van der Waals surface area contributed by atoms with Gasteiger partial charge in [-0.25, -0.2) is 0 Å². The first-order valence-electron chi connectivity index (χ1n) is 5.38. The average molecular weight is 313 g/mol. The van der Waals surface area contributed by atoms with E-state index in [-0.39, 0.29) is 17.9 Å². The molecule has 18 heavy (non-hydrogen) atoms. The predicted molar refractivity (Wildman–Crippen MR) is 73.6 cm³/mol. The van der Waals surface area contributed by atoms with Gasteiger partial charge < -0.3 is 28.6 Å². The zero-order chi connectivity index (χ0) is 13.2. The molecule has 0 bridgehead atoms. The molecule has 3 nitrogen and oxygen atoms in total. The Kier molecular flexibility index (Phi) is 6.75. The Hall–Kier alpha value is -0.190. The summed E-state index contributed by atoms with van der Waals surface area (Å²) < 4.78 is 0. The molecule has 0 aromatic heterocycles. The molecule has 0 amide bonds. The van der Waals surface area contributed by atoms with Crippen LogP contribution < -0.4 is 23.5 Å². The Balaban J connectivity index is 0.00000289. The lowest BCUT2D eigenvalue weighted by atomic mass is 10.1. The smallest absolute Gasteiger partial charge is 0.0915 e. The van der Waals surface area contributed by atoms with Gasteiger partial charge in [0.05, 0.1) is 21.8 Å². The second-order valence-corrected chi connectivity index (χ2v) is 5.86. The molecule has 104 valence electrons. The van der Waals surface area contributed by atoms with E-state index >= 15 is 0 Å². The second kappa shape index (κ2) is 6.83. The number of anilines is 1. The third-order valence-corrected chi connectivity index (χ3v) is 2.94. The van der Waals surface area contributed by atoms with Crippen LogP contribution in [0.5, 0.6) is 0 Å². The van der Waals surface area contributed by atoms with Gasteiger partial charge in [0.25, 0.3) is 0 Å². The van der Waals surface area contributed by atoms with Crippen molar-refractivity contribution in [2.24, 2.45) is 0 Å². The number of β-amino-alcohol motifs (C(OH)–C–C–N with tert-alkyl or cyclic N) is 1. The highest BCUT2D eigenvalue weighted by Gasteiger charge is 2.15. The van der Waals surface area contributed by atoms with Crippen LogP contribution in [-0.2, 0) is 0 Å². The zero-order valence-electron chi connectivity index (χ0n) is 10.6. The average Bonchev–Trinajstić information content (AvgIpc) is 2.20. The molecule has 1 rings (SSSR count). The fourth-order valence-electron chi connectivity index (χ4n) is 1.32. The summed E-state index contributed by atoms with van der Waals surface area (Å²) in [5, 5.41) is 13.9. The molecular weight excluding hydrogens is 295 g/mol. The van der Waals surface area contributed by atoms with Gasteiger partial charge in [-0.05, 0) is 38.5 Å². The van der Waals surface area contributed by atoms with Crippen molar-refractivity contribution in [2.75, 3.05) is 12.3 Å². The Morgan fingerprint density at radius 2 is 1.72 bits per heavy atom. The maximum Gasteiger partial charge on any atom is 0.0915 e. The summed E-state index contributed by atoms with van der Waals surface area (Å²) in [6.45, 7) is 6.52. The number of aliphatic hydroxyl groups is 1. The highest BCUT2D eigenvalue weighted by atomic mass is 35.5.